The lowest BCUT2D eigenvalue weighted by Crippen LogP contribution is -2.24. The molecule has 2 aromatic rings. The second-order valence-corrected chi connectivity index (χ2v) is 8.28. The molecule has 2 aromatic carbocycles. The third-order valence-corrected chi connectivity index (χ3v) is 5.87. The molecule has 1 aliphatic rings. The first-order chi connectivity index (χ1) is 11.8. The van der Waals surface area contributed by atoms with Gasteiger partial charge in [-0.25, -0.2) is 8.42 Å². The summed E-state index contributed by atoms with van der Waals surface area (Å²) in [5.41, 5.74) is 2.75. The van der Waals surface area contributed by atoms with Gasteiger partial charge in [0.15, 0.2) is 0 Å². The van der Waals surface area contributed by atoms with Crippen LogP contribution < -0.4 is 9.62 Å². The molecule has 132 valence electrons. The van der Waals surface area contributed by atoms with E-state index in [-0.39, 0.29) is 10.8 Å². The maximum absolute atomic E-state index is 12.7. The summed E-state index contributed by atoms with van der Waals surface area (Å²) in [5.74, 6) is 0.0774. The molecular formula is C18H19ClN2O3S. The van der Waals surface area contributed by atoms with Crippen molar-refractivity contribution in [2.45, 2.75) is 31.6 Å². The summed E-state index contributed by atoms with van der Waals surface area (Å²) in [6.07, 6.45) is 1.37. The van der Waals surface area contributed by atoms with Gasteiger partial charge in [0.1, 0.15) is 0 Å². The summed E-state index contributed by atoms with van der Waals surface area (Å²) in [6, 6.07) is 9.80. The summed E-state index contributed by atoms with van der Waals surface area (Å²) in [7, 11) is -3.72. The van der Waals surface area contributed by atoms with Crippen LogP contribution >= 0.6 is 11.6 Å². The molecule has 1 saturated heterocycles. The minimum atomic E-state index is -3.72. The van der Waals surface area contributed by atoms with Gasteiger partial charge in [0.05, 0.1) is 10.6 Å². The highest BCUT2D eigenvalue weighted by Crippen LogP contribution is 2.28. The fourth-order valence-corrected chi connectivity index (χ4v) is 4.39. The molecule has 0 aliphatic carbocycles. The summed E-state index contributed by atoms with van der Waals surface area (Å²) in [6.45, 7) is 4.28. The average molecular weight is 379 g/mol. The summed E-state index contributed by atoms with van der Waals surface area (Å²) >= 11 is 5.91. The molecule has 0 saturated carbocycles. The van der Waals surface area contributed by atoms with Crippen LogP contribution in [0.4, 0.5) is 11.4 Å². The number of sulfonamides is 1. The van der Waals surface area contributed by atoms with Gasteiger partial charge in [-0.2, -0.15) is 0 Å². The second-order valence-electron chi connectivity index (χ2n) is 6.16. The van der Waals surface area contributed by atoms with E-state index in [4.69, 9.17) is 11.6 Å². The molecule has 25 heavy (non-hydrogen) atoms. The van der Waals surface area contributed by atoms with E-state index in [0.29, 0.717) is 23.7 Å². The van der Waals surface area contributed by atoms with Crippen LogP contribution in [0, 0.1) is 13.8 Å². The van der Waals surface area contributed by atoms with E-state index in [1.165, 1.54) is 6.07 Å². The zero-order valence-corrected chi connectivity index (χ0v) is 15.6. The molecule has 0 spiro atoms. The van der Waals surface area contributed by atoms with Gasteiger partial charge in [-0.05, 0) is 67.8 Å². The Kier molecular flexibility index (Phi) is 4.75. The van der Waals surface area contributed by atoms with E-state index in [0.717, 1.165) is 23.2 Å². The van der Waals surface area contributed by atoms with E-state index >= 15 is 0 Å². The summed E-state index contributed by atoms with van der Waals surface area (Å²) in [5, 5.41) is 0.552. The van der Waals surface area contributed by atoms with Gasteiger partial charge in [0, 0.05) is 23.7 Å². The lowest BCUT2D eigenvalue weighted by atomic mass is 10.2. The Balaban J connectivity index is 1.90. The Hall–Kier alpha value is -2.05. The van der Waals surface area contributed by atoms with Gasteiger partial charge in [0.25, 0.3) is 10.0 Å². The van der Waals surface area contributed by atoms with E-state index in [9.17, 15) is 13.2 Å². The quantitative estimate of drug-likeness (QED) is 0.877. The number of hydrogen-bond donors (Lipinski definition) is 1. The number of anilines is 2. The molecule has 0 bridgehead atoms. The molecule has 1 heterocycles. The van der Waals surface area contributed by atoms with E-state index < -0.39 is 10.0 Å². The van der Waals surface area contributed by atoms with Crippen LogP contribution in [0.5, 0.6) is 0 Å². The van der Waals surface area contributed by atoms with E-state index in [1.54, 1.807) is 42.2 Å². The first-order valence-corrected chi connectivity index (χ1v) is 9.84. The predicted molar refractivity (Wildman–Crippen MR) is 99.8 cm³/mol. The number of halogens is 1. The molecular weight excluding hydrogens is 360 g/mol. The van der Waals surface area contributed by atoms with Gasteiger partial charge < -0.3 is 4.90 Å². The highest BCUT2D eigenvalue weighted by Gasteiger charge is 2.24. The van der Waals surface area contributed by atoms with Crippen molar-refractivity contribution in [3.8, 4) is 0 Å². The highest BCUT2D eigenvalue weighted by atomic mass is 35.5. The molecule has 1 amide bonds. The van der Waals surface area contributed by atoms with Gasteiger partial charge >= 0.3 is 0 Å². The Morgan fingerprint density at radius 1 is 1.08 bits per heavy atom. The summed E-state index contributed by atoms with van der Waals surface area (Å²) < 4.78 is 27.9. The van der Waals surface area contributed by atoms with Gasteiger partial charge in [0.2, 0.25) is 5.91 Å². The van der Waals surface area contributed by atoms with Crippen molar-refractivity contribution in [1.29, 1.82) is 0 Å². The van der Waals surface area contributed by atoms with E-state index in [1.807, 2.05) is 6.92 Å². The monoisotopic (exact) mass is 378 g/mol. The van der Waals surface area contributed by atoms with Crippen LogP contribution in [-0.4, -0.2) is 20.9 Å². The zero-order valence-electron chi connectivity index (χ0n) is 14.0. The fourth-order valence-electron chi connectivity index (χ4n) is 2.95. The van der Waals surface area contributed by atoms with Crippen molar-refractivity contribution in [2.24, 2.45) is 0 Å². The van der Waals surface area contributed by atoms with Crippen LogP contribution in [0.3, 0.4) is 0 Å². The number of amides is 1. The molecule has 5 nitrogen and oxygen atoms in total. The highest BCUT2D eigenvalue weighted by molar-refractivity contribution is 7.92. The maximum atomic E-state index is 12.7. The number of rotatable bonds is 4. The number of benzene rings is 2. The number of carbonyl (C=O) groups excluding carboxylic acids is 1. The molecule has 0 radical (unpaired) electrons. The Bertz CT molecular complexity index is 941. The molecule has 7 heteroatoms. The van der Waals surface area contributed by atoms with Crippen molar-refractivity contribution < 1.29 is 13.2 Å². The number of carbonyl (C=O) groups is 1. The Labute approximate surface area is 152 Å². The van der Waals surface area contributed by atoms with Gasteiger partial charge in [-0.15, -0.1) is 0 Å². The Morgan fingerprint density at radius 2 is 1.84 bits per heavy atom. The molecule has 1 N–H and O–H groups in total. The molecule has 3 rings (SSSR count). The lowest BCUT2D eigenvalue weighted by molar-refractivity contribution is -0.117. The van der Waals surface area contributed by atoms with Crippen molar-refractivity contribution >= 4 is 38.9 Å². The van der Waals surface area contributed by atoms with Crippen molar-refractivity contribution in [1.82, 2.24) is 0 Å². The number of aryl methyl sites for hydroxylation is 2. The van der Waals surface area contributed by atoms with Crippen molar-refractivity contribution in [2.75, 3.05) is 16.2 Å². The fraction of sp³-hybridized carbons (Fsp3) is 0.278. The third-order valence-electron chi connectivity index (χ3n) is 4.28. The molecule has 0 unspecified atom stereocenters. The van der Waals surface area contributed by atoms with Crippen LogP contribution in [0.2, 0.25) is 5.02 Å². The molecule has 1 aliphatic heterocycles. The van der Waals surface area contributed by atoms with Gasteiger partial charge in [-0.3, -0.25) is 9.52 Å². The smallest absolute Gasteiger partial charge is 0.261 e. The largest absolute Gasteiger partial charge is 0.312 e. The van der Waals surface area contributed by atoms with Crippen LogP contribution in [-0.2, 0) is 14.8 Å². The predicted octanol–water partition coefficient (Wildman–Crippen LogP) is 3.88. The topological polar surface area (TPSA) is 66.5 Å². The minimum absolute atomic E-state index is 0.0774. The maximum Gasteiger partial charge on any atom is 0.261 e. The van der Waals surface area contributed by atoms with Crippen LogP contribution in [0.1, 0.15) is 24.0 Å². The molecule has 0 atom stereocenters. The molecule has 0 aromatic heterocycles. The summed E-state index contributed by atoms with van der Waals surface area (Å²) in [4.78, 5) is 13.8. The standard InChI is InChI=1S/C18H19ClN2O3S/c1-12-10-14(19)5-7-16(12)20-25(23,24)15-6-8-17(13(2)11-15)21-9-3-4-18(21)22/h5-8,10-11,20H,3-4,9H2,1-2H3. The third kappa shape index (κ3) is 3.65. The average Bonchev–Trinajstić information content (AvgIpc) is 2.96. The van der Waals surface area contributed by atoms with Crippen molar-refractivity contribution in [3.63, 3.8) is 0 Å². The van der Waals surface area contributed by atoms with Crippen molar-refractivity contribution in [3.05, 3.63) is 52.5 Å². The Morgan fingerprint density at radius 3 is 2.44 bits per heavy atom. The van der Waals surface area contributed by atoms with E-state index in [2.05, 4.69) is 4.72 Å². The SMILES string of the molecule is Cc1cc(Cl)ccc1NS(=O)(=O)c1ccc(N2CCCC2=O)c(C)c1. The first kappa shape index (κ1) is 17.8. The normalized spacial score (nSPS) is 14.8. The van der Waals surface area contributed by atoms with Crippen LogP contribution in [0.15, 0.2) is 41.3 Å². The number of hydrogen-bond acceptors (Lipinski definition) is 3. The second kappa shape index (κ2) is 6.69. The zero-order chi connectivity index (χ0) is 18.2. The van der Waals surface area contributed by atoms with Gasteiger partial charge in [-0.1, -0.05) is 11.6 Å². The number of nitrogens with zero attached hydrogens (tertiary/aromatic N) is 1. The van der Waals surface area contributed by atoms with Crippen LogP contribution in [0.25, 0.3) is 0 Å². The number of nitrogens with one attached hydrogen (secondary N) is 1. The lowest BCUT2D eigenvalue weighted by Gasteiger charge is -2.19. The first-order valence-electron chi connectivity index (χ1n) is 7.98. The molecule has 1 fully saturated rings. The minimum Gasteiger partial charge on any atom is -0.312 e.